The van der Waals surface area contributed by atoms with Gasteiger partial charge in [-0.25, -0.2) is 9.97 Å². The summed E-state index contributed by atoms with van der Waals surface area (Å²) >= 11 is 13.0. The van der Waals surface area contributed by atoms with E-state index in [2.05, 4.69) is 25.7 Å². The largest absolute Gasteiger partial charge is 0.522 e. The van der Waals surface area contributed by atoms with E-state index in [1.807, 2.05) is 18.2 Å². The zero-order valence-corrected chi connectivity index (χ0v) is 22.6. The molecular formula is C26H34Cl2F3N5O2. The number of nitrogens with one attached hydrogen (secondary N) is 3. The van der Waals surface area contributed by atoms with E-state index in [1.165, 1.54) is 0 Å². The van der Waals surface area contributed by atoms with Gasteiger partial charge in [-0.2, -0.15) is 0 Å². The second-order valence-corrected chi connectivity index (χ2v) is 10.7. The van der Waals surface area contributed by atoms with Gasteiger partial charge in [0.05, 0.1) is 22.3 Å². The van der Waals surface area contributed by atoms with Gasteiger partial charge in [-0.05, 0) is 68.6 Å². The first-order valence-electron chi connectivity index (χ1n) is 13.1. The molecule has 2 fully saturated rings. The van der Waals surface area contributed by atoms with E-state index in [4.69, 9.17) is 32.9 Å². The fraction of sp³-hybridized carbons (Fsp3) is 0.615. The molecule has 3 N–H and O–H groups in total. The van der Waals surface area contributed by atoms with Gasteiger partial charge in [0.25, 0.3) is 0 Å². The SMILES string of the molecule is FC(F)(F)OCCNC1CCC(CNc2cc(-c3nc(NCC4CCOCC4)ccc3Cl)c(Cl)cn2)CC1. The van der Waals surface area contributed by atoms with Crippen molar-refractivity contribution in [2.24, 2.45) is 11.8 Å². The fourth-order valence-electron chi connectivity index (χ4n) is 4.90. The third kappa shape index (κ3) is 9.12. The molecule has 12 heteroatoms. The van der Waals surface area contributed by atoms with Crippen LogP contribution < -0.4 is 16.0 Å². The molecule has 0 bridgehead atoms. The van der Waals surface area contributed by atoms with Gasteiger partial charge in [0.2, 0.25) is 0 Å². The molecule has 7 nitrogen and oxygen atoms in total. The number of hydrogen-bond acceptors (Lipinski definition) is 7. The Labute approximate surface area is 231 Å². The molecule has 210 valence electrons. The molecule has 0 spiro atoms. The van der Waals surface area contributed by atoms with Crippen molar-refractivity contribution in [1.29, 1.82) is 0 Å². The van der Waals surface area contributed by atoms with E-state index in [0.717, 1.165) is 70.6 Å². The highest BCUT2D eigenvalue weighted by Gasteiger charge is 2.29. The first kappa shape index (κ1) is 29.1. The number of rotatable bonds is 11. The average Bonchev–Trinajstić information content (AvgIpc) is 2.91. The van der Waals surface area contributed by atoms with E-state index >= 15 is 0 Å². The Morgan fingerprint density at radius 1 is 0.921 bits per heavy atom. The second kappa shape index (κ2) is 14.0. The second-order valence-electron chi connectivity index (χ2n) is 9.86. The van der Waals surface area contributed by atoms with E-state index in [1.54, 1.807) is 6.20 Å². The van der Waals surface area contributed by atoms with Crippen molar-refractivity contribution in [2.75, 3.05) is 50.1 Å². The van der Waals surface area contributed by atoms with Crippen molar-refractivity contribution < 1.29 is 22.6 Å². The maximum absolute atomic E-state index is 12.1. The van der Waals surface area contributed by atoms with E-state index in [9.17, 15) is 13.2 Å². The Morgan fingerprint density at radius 2 is 1.61 bits per heavy atom. The summed E-state index contributed by atoms with van der Waals surface area (Å²) in [6.45, 7) is 2.98. The van der Waals surface area contributed by atoms with Gasteiger partial charge in [-0.1, -0.05) is 23.2 Å². The van der Waals surface area contributed by atoms with Crippen molar-refractivity contribution in [2.45, 2.75) is 50.9 Å². The van der Waals surface area contributed by atoms with Gasteiger partial charge in [-0.15, -0.1) is 13.2 Å². The lowest BCUT2D eigenvalue weighted by molar-refractivity contribution is -0.323. The van der Waals surface area contributed by atoms with Crippen LogP contribution in [0, 0.1) is 11.8 Å². The molecule has 3 heterocycles. The number of nitrogens with zero attached hydrogens (tertiary/aromatic N) is 2. The summed E-state index contributed by atoms with van der Waals surface area (Å²) in [5, 5.41) is 10.9. The molecule has 0 radical (unpaired) electrons. The molecule has 4 rings (SSSR count). The molecule has 0 atom stereocenters. The third-order valence-corrected chi connectivity index (χ3v) is 7.69. The Morgan fingerprint density at radius 3 is 2.32 bits per heavy atom. The minimum atomic E-state index is -4.58. The monoisotopic (exact) mass is 575 g/mol. The molecular weight excluding hydrogens is 542 g/mol. The summed E-state index contributed by atoms with van der Waals surface area (Å²) in [7, 11) is 0. The van der Waals surface area contributed by atoms with Crippen molar-refractivity contribution in [3.63, 3.8) is 0 Å². The van der Waals surface area contributed by atoms with Crippen molar-refractivity contribution in [3.8, 4) is 11.3 Å². The number of pyridine rings is 2. The Balaban J connectivity index is 1.28. The number of ether oxygens (including phenoxy) is 2. The molecule has 2 aromatic rings. The minimum Gasteiger partial charge on any atom is -0.381 e. The topological polar surface area (TPSA) is 80.3 Å². The van der Waals surface area contributed by atoms with E-state index < -0.39 is 6.36 Å². The molecule has 0 unspecified atom stereocenters. The highest BCUT2D eigenvalue weighted by atomic mass is 35.5. The van der Waals surface area contributed by atoms with Crippen molar-refractivity contribution >= 4 is 34.8 Å². The number of halogens is 5. The number of anilines is 2. The smallest absolute Gasteiger partial charge is 0.381 e. The first-order valence-corrected chi connectivity index (χ1v) is 13.8. The van der Waals surface area contributed by atoms with Gasteiger partial charge in [0.1, 0.15) is 11.6 Å². The summed E-state index contributed by atoms with van der Waals surface area (Å²) in [6.07, 6.45) is 2.85. The van der Waals surface area contributed by atoms with Gasteiger partial charge < -0.3 is 20.7 Å². The standard InChI is InChI=1S/C26H34Cl2F3N5O2/c27-21-5-6-23(33-15-18-7-10-37-11-8-18)36-25(21)20-13-24(35-16-22(20)28)34-14-17-1-3-19(4-2-17)32-9-12-38-26(29,30)31/h5-6,13,16-19,32H,1-4,7-12,14-15H2,(H,33,36)(H,34,35). The van der Waals surface area contributed by atoms with Gasteiger partial charge >= 0.3 is 6.36 Å². The highest BCUT2D eigenvalue weighted by Crippen LogP contribution is 2.34. The molecule has 2 aliphatic rings. The first-order chi connectivity index (χ1) is 18.3. The van der Waals surface area contributed by atoms with Crippen molar-refractivity contribution in [1.82, 2.24) is 15.3 Å². The van der Waals surface area contributed by atoms with E-state index in [-0.39, 0.29) is 19.2 Å². The molecule has 2 aromatic heterocycles. The normalized spacial score (nSPS) is 20.9. The highest BCUT2D eigenvalue weighted by molar-refractivity contribution is 6.36. The van der Waals surface area contributed by atoms with Crippen LogP contribution in [0.3, 0.4) is 0 Å². The summed E-state index contributed by atoms with van der Waals surface area (Å²) in [6, 6.07) is 5.77. The van der Waals surface area contributed by atoms with Crippen LogP contribution in [0.4, 0.5) is 24.8 Å². The average molecular weight is 576 g/mol. The van der Waals surface area contributed by atoms with Crippen LogP contribution in [0.25, 0.3) is 11.3 Å². The quantitative estimate of drug-likeness (QED) is 0.268. The zero-order valence-electron chi connectivity index (χ0n) is 21.1. The van der Waals surface area contributed by atoms with Gasteiger partial charge in [0, 0.05) is 50.7 Å². The lowest BCUT2D eigenvalue weighted by Crippen LogP contribution is -2.37. The molecule has 1 aliphatic heterocycles. The summed E-state index contributed by atoms with van der Waals surface area (Å²) in [4.78, 5) is 9.16. The molecule has 1 aliphatic carbocycles. The predicted molar refractivity (Wildman–Crippen MR) is 144 cm³/mol. The Bertz CT molecular complexity index is 1030. The predicted octanol–water partition coefficient (Wildman–Crippen LogP) is 6.39. The zero-order chi connectivity index (χ0) is 27.0. The van der Waals surface area contributed by atoms with Crippen LogP contribution in [-0.2, 0) is 9.47 Å². The van der Waals surface area contributed by atoms with Crippen LogP contribution in [0.5, 0.6) is 0 Å². The lowest BCUT2D eigenvalue weighted by atomic mass is 9.86. The molecule has 1 saturated heterocycles. The third-order valence-electron chi connectivity index (χ3n) is 7.09. The maximum Gasteiger partial charge on any atom is 0.522 e. The van der Waals surface area contributed by atoms with Crippen LogP contribution in [0.1, 0.15) is 38.5 Å². The molecule has 1 saturated carbocycles. The van der Waals surface area contributed by atoms with Crippen LogP contribution in [-0.4, -0.2) is 61.8 Å². The summed E-state index contributed by atoms with van der Waals surface area (Å²) in [5.74, 6) is 2.43. The summed E-state index contributed by atoms with van der Waals surface area (Å²) < 4.78 is 45.5. The number of hydrogen-bond donors (Lipinski definition) is 3. The van der Waals surface area contributed by atoms with E-state index in [0.29, 0.717) is 39.0 Å². The van der Waals surface area contributed by atoms with Crippen LogP contribution >= 0.6 is 23.2 Å². The van der Waals surface area contributed by atoms with Crippen LogP contribution in [0.2, 0.25) is 10.0 Å². The lowest BCUT2D eigenvalue weighted by Gasteiger charge is -2.29. The van der Waals surface area contributed by atoms with Gasteiger partial charge in [-0.3, -0.25) is 4.74 Å². The molecule has 38 heavy (non-hydrogen) atoms. The summed E-state index contributed by atoms with van der Waals surface area (Å²) in [5.41, 5.74) is 1.30. The molecule has 0 aromatic carbocycles. The number of aromatic nitrogens is 2. The van der Waals surface area contributed by atoms with Crippen molar-refractivity contribution in [3.05, 3.63) is 34.4 Å². The number of alkyl halides is 3. The molecule has 0 amide bonds. The fourth-order valence-corrected chi connectivity index (χ4v) is 5.30. The Hall–Kier alpha value is -1.85. The minimum absolute atomic E-state index is 0.188. The van der Waals surface area contributed by atoms with Crippen LogP contribution in [0.15, 0.2) is 24.4 Å². The van der Waals surface area contributed by atoms with Gasteiger partial charge in [0.15, 0.2) is 0 Å². The Kier molecular flexibility index (Phi) is 10.7. The maximum atomic E-state index is 12.1.